The number of aromatic amines is 1. The standard InChI is InChI=1S/C17H11FN3O2/c1-10-6-7-13(11(18)8-10)21-16(22)15-9-19-12-4-2-3-5-14(12)20(15)17(21)23/h2-9H,1H3/q+1/p+1. The third-order valence-corrected chi connectivity index (χ3v) is 3.90. The Morgan fingerprint density at radius 1 is 1.13 bits per heavy atom. The van der Waals surface area contributed by atoms with Crippen molar-refractivity contribution in [1.29, 1.82) is 0 Å². The molecule has 1 aliphatic heterocycles. The second-order valence-electron chi connectivity index (χ2n) is 5.40. The van der Waals surface area contributed by atoms with Crippen LogP contribution in [0.3, 0.4) is 0 Å². The lowest BCUT2D eigenvalue weighted by molar-refractivity contribution is -0.551. The van der Waals surface area contributed by atoms with E-state index in [1.165, 1.54) is 22.9 Å². The van der Waals surface area contributed by atoms with Crippen LogP contribution >= 0.6 is 0 Å². The summed E-state index contributed by atoms with van der Waals surface area (Å²) in [5.41, 5.74) is 2.13. The molecule has 0 bridgehead atoms. The Morgan fingerprint density at radius 3 is 2.70 bits per heavy atom. The summed E-state index contributed by atoms with van der Waals surface area (Å²) in [5.74, 6) is -1.16. The SMILES string of the molecule is Cc1ccc(N2C(=O)c3c[nH+]c4ccccc4[n+]3C2=O)c(F)c1. The van der Waals surface area contributed by atoms with Gasteiger partial charge in [0.1, 0.15) is 0 Å². The quantitative estimate of drug-likeness (QED) is 0.646. The average Bonchev–Trinajstić information content (AvgIpc) is 2.80. The molecule has 1 aromatic heterocycles. The lowest BCUT2D eigenvalue weighted by Gasteiger charge is -2.06. The van der Waals surface area contributed by atoms with Crippen LogP contribution in [0.1, 0.15) is 16.1 Å². The molecule has 0 aliphatic carbocycles. The monoisotopic (exact) mass is 309 g/mol. The fourth-order valence-electron chi connectivity index (χ4n) is 2.80. The summed E-state index contributed by atoms with van der Waals surface area (Å²) in [4.78, 5) is 29.2. The Bertz CT molecular complexity index is 1000. The second kappa shape index (κ2) is 4.67. The molecule has 6 heteroatoms. The number of halogens is 1. The van der Waals surface area contributed by atoms with E-state index in [-0.39, 0.29) is 11.4 Å². The minimum absolute atomic E-state index is 0.0432. The number of amides is 2. The van der Waals surface area contributed by atoms with E-state index in [0.717, 1.165) is 4.90 Å². The highest BCUT2D eigenvalue weighted by Gasteiger charge is 2.50. The van der Waals surface area contributed by atoms with Gasteiger partial charge >= 0.3 is 11.9 Å². The topological polar surface area (TPSA) is 55.4 Å². The van der Waals surface area contributed by atoms with Crippen LogP contribution < -0.4 is 14.5 Å². The number of anilines is 1. The van der Waals surface area contributed by atoms with Crippen LogP contribution in [-0.4, -0.2) is 11.9 Å². The van der Waals surface area contributed by atoms with Gasteiger partial charge in [0.05, 0.1) is 0 Å². The Hall–Kier alpha value is -3.15. The number of para-hydroxylation sites is 2. The third kappa shape index (κ3) is 1.85. The molecule has 4 rings (SSSR count). The van der Waals surface area contributed by atoms with Crippen LogP contribution in [0.15, 0.2) is 48.7 Å². The van der Waals surface area contributed by atoms with E-state index in [9.17, 15) is 14.0 Å². The number of H-pyrrole nitrogens is 1. The summed E-state index contributed by atoms with van der Waals surface area (Å²) in [6, 6.07) is 11.0. The Kier molecular flexibility index (Phi) is 2.74. The van der Waals surface area contributed by atoms with Crippen molar-refractivity contribution in [2.45, 2.75) is 6.92 Å². The van der Waals surface area contributed by atoms with Gasteiger partial charge in [0.2, 0.25) is 11.7 Å². The lowest BCUT2D eigenvalue weighted by Crippen LogP contribution is -2.47. The zero-order chi connectivity index (χ0) is 16.1. The number of carbonyl (C=O) groups excluding carboxylic acids is 2. The number of hydrogen-bond acceptors (Lipinski definition) is 2. The van der Waals surface area contributed by atoms with Crippen LogP contribution in [-0.2, 0) is 0 Å². The van der Waals surface area contributed by atoms with Gasteiger partial charge in [0, 0.05) is 6.07 Å². The van der Waals surface area contributed by atoms with Gasteiger partial charge < -0.3 is 0 Å². The zero-order valence-corrected chi connectivity index (χ0v) is 12.2. The number of benzene rings is 2. The highest BCUT2D eigenvalue weighted by molar-refractivity contribution is 6.21. The van der Waals surface area contributed by atoms with Crippen LogP contribution in [0.2, 0.25) is 0 Å². The lowest BCUT2D eigenvalue weighted by atomic mass is 10.2. The van der Waals surface area contributed by atoms with Gasteiger partial charge in [-0.05, 0) is 30.7 Å². The number of nitrogens with zero attached hydrogens (tertiary/aromatic N) is 2. The second-order valence-corrected chi connectivity index (χ2v) is 5.40. The molecular formula is C17H12FN3O2+2. The maximum atomic E-state index is 14.2. The normalized spacial score (nSPS) is 13.7. The smallest absolute Gasteiger partial charge is 0.236 e. The van der Waals surface area contributed by atoms with E-state index in [1.54, 1.807) is 31.2 Å². The molecule has 23 heavy (non-hydrogen) atoms. The Balaban J connectivity index is 1.95. The maximum Gasteiger partial charge on any atom is 0.512 e. The summed E-state index contributed by atoms with van der Waals surface area (Å²) in [5, 5.41) is 0. The van der Waals surface area contributed by atoms with Gasteiger partial charge in [-0.3, -0.25) is 0 Å². The van der Waals surface area contributed by atoms with Crippen molar-refractivity contribution in [1.82, 2.24) is 0 Å². The predicted molar refractivity (Wildman–Crippen MR) is 79.4 cm³/mol. The van der Waals surface area contributed by atoms with Gasteiger partial charge in [-0.2, -0.15) is 4.79 Å². The molecule has 0 spiro atoms. The van der Waals surface area contributed by atoms with Crippen LogP contribution in [0.5, 0.6) is 0 Å². The minimum atomic E-state index is -0.603. The molecule has 3 aromatic rings. The van der Waals surface area contributed by atoms with Crippen molar-refractivity contribution in [3.05, 3.63) is 65.7 Å². The van der Waals surface area contributed by atoms with E-state index in [2.05, 4.69) is 4.98 Å². The van der Waals surface area contributed by atoms with Gasteiger partial charge in [-0.15, -0.1) is 9.47 Å². The van der Waals surface area contributed by atoms with Crippen molar-refractivity contribution < 1.29 is 23.5 Å². The molecule has 1 aliphatic rings. The molecule has 5 nitrogen and oxygen atoms in total. The molecule has 2 aromatic carbocycles. The van der Waals surface area contributed by atoms with Crippen LogP contribution in [0.25, 0.3) is 11.0 Å². The van der Waals surface area contributed by atoms with E-state index >= 15 is 0 Å². The first-order valence-electron chi connectivity index (χ1n) is 7.08. The summed E-state index contributed by atoms with van der Waals surface area (Å²) >= 11 is 0. The molecule has 2 heterocycles. The van der Waals surface area contributed by atoms with E-state index in [0.29, 0.717) is 16.6 Å². The van der Waals surface area contributed by atoms with Gasteiger partial charge in [-0.1, -0.05) is 18.2 Å². The summed E-state index contributed by atoms with van der Waals surface area (Å²) in [7, 11) is 0. The number of hydrogen-bond donors (Lipinski definition) is 0. The van der Waals surface area contributed by atoms with Gasteiger partial charge in [0.15, 0.2) is 11.5 Å². The highest BCUT2D eigenvalue weighted by atomic mass is 19.1. The first-order valence-corrected chi connectivity index (χ1v) is 7.08. The van der Waals surface area contributed by atoms with Crippen molar-refractivity contribution in [3.63, 3.8) is 0 Å². The number of aryl methyl sites for hydroxylation is 1. The molecule has 0 saturated carbocycles. The summed E-state index contributed by atoms with van der Waals surface area (Å²) < 4.78 is 15.5. The summed E-state index contributed by atoms with van der Waals surface area (Å²) in [6.07, 6.45) is 1.47. The third-order valence-electron chi connectivity index (χ3n) is 3.90. The zero-order valence-electron chi connectivity index (χ0n) is 12.2. The number of nitrogens with one attached hydrogen (secondary N) is 1. The van der Waals surface area contributed by atoms with Gasteiger partial charge in [0.25, 0.3) is 11.2 Å². The summed E-state index contributed by atoms with van der Waals surface area (Å²) in [6.45, 7) is 1.74. The number of fused-ring (bicyclic) bond motifs is 3. The Morgan fingerprint density at radius 2 is 1.91 bits per heavy atom. The molecule has 0 unspecified atom stereocenters. The number of carbonyl (C=O) groups is 2. The molecular weight excluding hydrogens is 297 g/mol. The number of aromatic nitrogens is 2. The van der Waals surface area contributed by atoms with E-state index in [4.69, 9.17) is 0 Å². The van der Waals surface area contributed by atoms with Crippen LogP contribution in [0.4, 0.5) is 14.9 Å². The fourth-order valence-corrected chi connectivity index (χ4v) is 2.80. The molecule has 0 fully saturated rings. The Labute approximate surface area is 130 Å². The molecule has 0 atom stereocenters. The number of rotatable bonds is 1. The highest BCUT2D eigenvalue weighted by Crippen LogP contribution is 2.25. The van der Waals surface area contributed by atoms with Gasteiger partial charge in [-0.25, -0.2) is 14.2 Å². The minimum Gasteiger partial charge on any atom is -0.236 e. The molecule has 0 saturated heterocycles. The molecule has 1 N–H and O–H groups in total. The van der Waals surface area contributed by atoms with Crippen molar-refractivity contribution in [2.75, 3.05) is 4.90 Å². The molecule has 2 amide bonds. The van der Waals surface area contributed by atoms with Crippen molar-refractivity contribution >= 4 is 28.7 Å². The van der Waals surface area contributed by atoms with E-state index in [1.807, 2.05) is 6.07 Å². The first-order chi connectivity index (χ1) is 11.1. The maximum absolute atomic E-state index is 14.2. The average molecular weight is 309 g/mol. The van der Waals surface area contributed by atoms with E-state index < -0.39 is 17.8 Å². The fraction of sp³-hybridized carbons (Fsp3) is 0.0588. The largest absolute Gasteiger partial charge is 0.512 e. The number of imide groups is 1. The molecule has 112 valence electrons. The van der Waals surface area contributed by atoms with Crippen molar-refractivity contribution in [2.24, 2.45) is 0 Å². The first kappa shape index (κ1) is 13.5. The molecule has 0 radical (unpaired) electrons. The predicted octanol–water partition coefficient (Wildman–Crippen LogP) is 2.02. The van der Waals surface area contributed by atoms with Crippen molar-refractivity contribution in [3.8, 4) is 0 Å². The van der Waals surface area contributed by atoms with Crippen LogP contribution in [0, 0.1) is 12.7 Å².